The Morgan fingerprint density at radius 3 is 3.12 bits per heavy atom. The lowest BCUT2D eigenvalue weighted by atomic mass is 9.86. The van der Waals surface area contributed by atoms with Crippen LogP contribution in [0.25, 0.3) is 0 Å². The lowest BCUT2D eigenvalue weighted by Crippen LogP contribution is -2.32. The fraction of sp³-hybridized carbons (Fsp3) is 0.692. The van der Waals surface area contributed by atoms with Gasteiger partial charge in [0.25, 0.3) is 0 Å². The fourth-order valence-corrected chi connectivity index (χ4v) is 3.96. The van der Waals surface area contributed by atoms with E-state index in [0.717, 1.165) is 31.6 Å². The van der Waals surface area contributed by atoms with E-state index in [4.69, 9.17) is 4.74 Å². The van der Waals surface area contributed by atoms with Crippen molar-refractivity contribution in [1.29, 1.82) is 0 Å². The summed E-state index contributed by atoms with van der Waals surface area (Å²) in [5.74, 6) is 1.07. The van der Waals surface area contributed by atoms with Gasteiger partial charge >= 0.3 is 0 Å². The van der Waals surface area contributed by atoms with E-state index in [1.807, 2.05) is 11.8 Å². The van der Waals surface area contributed by atoms with E-state index in [-0.39, 0.29) is 11.0 Å². The third kappa shape index (κ3) is 2.08. The molecule has 1 saturated heterocycles. The van der Waals surface area contributed by atoms with Gasteiger partial charge in [-0.25, -0.2) is 0 Å². The van der Waals surface area contributed by atoms with E-state index in [1.54, 1.807) is 6.08 Å². The summed E-state index contributed by atoms with van der Waals surface area (Å²) in [5.41, 5.74) is 2.44. The van der Waals surface area contributed by atoms with Gasteiger partial charge in [0.1, 0.15) is 4.93 Å². The minimum atomic E-state index is -0.362. The van der Waals surface area contributed by atoms with Crippen molar-refractivity contribution >= 4 is 11.8 Å². The zero-order valence-corrected chi connectivity index (χ0v) is 10.7. The van der Waals surface area contributed by atoms with Crippen LogP contribution < -0.4 is 0 Å². The standard InChI is InChI=1S/C13H20O2S/c1-3-5-12(14)11-6-4-7-13(10(11)2)15-8-9-16-13/h3,12,14H,1,4-9H2,2H3/t12-,13-/m0/s1. The SMILES string of the molecule is C=CC[C@H](O)C1=C(C)[C@@]2(CCC1)OCCS2. The predicted molar refractivity (Wildman–Crippen MR) is 68.5 cm³/mol. The maximum atomic E-state index is 10.1. The monoisotopic (exact) mass is 240 g/mol. The van der Waals surface area contributed by atoms with E-state index in [1.165, 1.54) is 11.1 Å². The van der Waals surface area contributed by atoms with Crippen molar-refractivity contribution < 1.29 is 9.84 Å². The fourth-order valence-electron chi connectivity index (χ4n) is 2.66. The zero-order valence-electron chi connectivity index (χ0n) is 9.87. The minimum absolute atomic E-state index is 0.115. The molecule has 1 spiro atoms. The van der Waals surface area contributed by atoms with Crippen LogP contribution >= 0.6 is 11.8 Å². The van der Waals surface area contributed by atoms with Crippen molar-refractivity contribution in [3.63, 3.8) is 0 Å². The van der Waals surface area contributed by atoms with Gasteiger partial charge < -0.3 is 9.84 Å². The molecule has 16 heavy (non-hydrogen) atoms. The second kappa shape index (κ2) is 4.94. The Bertz CT molecular complexity index is 303. The quantitative estimate of drug-likeness (QED) is 0.769. The van der Waals surface area contributed by atoms with Gasteiger partial charge in [-0.05, 0) is 43.8 Å². The molecule has 1 fully saturated rings. The number of aliphatic hydroxyl groups excluding tert-OH is 1. The minimum Gasteiger partial charge on any atom is -0.388 e. The summed E-state index contributed by atoms with van der Waals surface area (Å²) in [6.45, 7) is 6.65. The van der Waals surface area contributed by atoms with E-state index >= 15 is 0 Å². The molecule has 0 aromatic carbocycles. The summed E-state index contributed by atoms with van der Waals surface area (Å²) in [6, 6.07) is 0. The van der Waals surface area contributed by atoms with Gasteiger partial charge in [0.2, 0.25) is 0 Å². The van der Waals surface area contributed by atoms with Crippen LogP contribution in [0, 0.1) is 0 Å². The van der Waals surface area contributed by atoms with Crippen molar-refractivity contribution in [3.8, 4) is 0 Å². The van der Waals surface area contributed by atoms with E-state index in [0.29, 0.717) is 6.42 Å². The molecule has 2 atom stereocenters. The van der Waals surface area contributed by atoms with E-state index < -0.39 is 0 Å². The van der Waals surface area contributed by atoms with E-state index in [9.17, 15) is 5.11 Å². The predicted octanol–water partition coefficient (Wildman–Crippen LogP) is 2.88. The van der Waals surface area contributed by atoms with Crippen LogP contribution in [0.5, 0.6) is 0 Å². The van der Waals surface area contributed by atoms with Gasteiger partial charge in [-0.3, -0.25) is 0 Å². The molecule has 1 N–H and O–H groups in total. The first-order chi connectivity index (χ1) is 7.69. The van der Waals surface area contributed by atoms with Crippen molar-refractivity contribution in [1.82, 2.24) is 0 Å². The molecule has 2 aliphatic rings. The summed E-state index contributed by atoms with van der Waals surface area (Å²) >= 11 is 1.90. The van der Waals surface area contributed by atoms with Gasteiger partial charge in [-0.1, -0.05) is 6.08 Å². The number of aliphatic hydroxyl groups is 1. The molecule has 0 aromatic heterocycles. The maximum Gasteiger partial charge on any atom is 0.135 e. The first-order valence-electron chi connectivity index (χ1n) is 5.96. The first kappa shape index (κ1) is 12.2. The average molecular weight is 240 g/mol. The van der Waals surface area contributed by atoms with Gasteiger partial charge in [-0.15, -0.1) is 18.3 Å². The highest BCUT2D eigenvalue weighted by molar-refractivity contribution is 8.00. The van der Waals surface area contributed by atoms with Crippen LogP contribution in [0.4, 0.5) is 0 Å². The van der Waals surface area contributed by atoms with Crippen LogP contribution in [0.1, 0.15) is 32.6 Å². The van der Waals surface area contributed by atoms with Crippen molar-refractivity contribution in [2.24, 2.45) is 0 Å². The molecule has 0 aromatic rings. The summed E-state index contributed by atoms with van der Waals surface area (Å²) in [7, 11) is 0. The molecule has 2 rings (SSSR count). The normalized spacial score (nSPS) is 32.1. The zero-order chi connectivity index (χ0) is 11.6. The lowest BCUT2D eigenvalue weighted by Gasteiger charge is -2.36. The van der Waals surface area contributed by atoms with Gasteiger partial charge in [0.05, 0.1) is 12.7 Å². The van der Waals surface area contributed by atoms with Crippen LogP contribution in [0.3, 0.4) is 0 Å². The number of hydrogen-bond donors (Lipinski definition) is 1. The molecular weight excluding hydrogens is 220 g/mol. The van der Waals surface area contributed by atoms with E-state index in [2.05, 4.69) is 13.5 Å². The van der Waals surface area contributed by atoms with Crippen LogP contribution in [0.2, 0.25) is 0 Å². The highest BCUT2D eigenvalue weighted by atomic mass is 32.2. The molecule has 1 aliphatic carbocycles. The second-order valence-electron chi connectivity index (χ2n) is 4.49. The number of hydrogen-bond acceptors (Lipinski definition) is 3. The molecule has 1 aliphatic heterocycles. The Hall–Kier alpha value is -0.250. The third-order valence-corrected chi connectivity index (χ3v) is 5.02. The Labute approximate surface area is 102 Å². The molecular formula is C13H20O2S. The highest BCUT2D eigenvalue weighted by Gasteiger charge is 2.41. The molecule has 3 heteroatoms. The number of thioether (sulfide) groups is 1. The first-order valence-corrected chi connectivity index (χ1v) is 6.95. The summed E-state index contributed by atoms with van der Waals surface area (Å²) in [6.07, 6.45) is 5.29. The summed E-state index contributed by atoms with van der Waals surface area (Å²) in [5, 5.41) is 10.1. The Morgan fingerprint density at radius 2 is 2.50 bits per heavy atom. The Kier molecular flexibility index (Phi) is 3.77. The van der Waals surface area contributed by atoms with Crippen molar-refractivity contribution in [2.75, 3.05) is 12.4 Å². The number of rotatable bonds is 3. The molecule has 2 nitrogen and oxygen atoms in total. The molecule has 90 valence electrons. The molecule has 0 bridgehead atoms. The van der Waals surface area contributed by atoms with Crippen LogP contribution in [0.15, 0.2) is 23.8 Å². The molecule has 0 amide bonds. The smallest absolute Gasteiger partial charge is 0.135 e. The van der Waals surface area contributed by atoms with Gasteiger partial charge in [-0.2, -0.15) is 0 Å². The molecule has 0 unspecified atom stereocenters. The molecule has 0 radical (unpaired) electrons. The van der Waals surface area contributed by atoms with Crippen molar-refractivity contribution in [3.05, 3.63) is 23.8 Å². The summed E-state index contributed by atoms with van der Waals surface area (Å²) < 4.78 is 5.92. The highest BCUT2D eigenvalue weighted by Crippen LogP contribution is 2.48. The largest absolute Gasteiger partial charge is 0.388 e. The molecule has 1 heterocycles. The van der Waals surface area contributed by atoms with Crippen LogP contribution in [-0.2, 0) is 4.74 Å². The maximum absolute atomic E-state index is 10.1. The van der Waals surface area contributed by atoms with Crippen molar-refractivity contribution in [2.45, 2.75) is 43.6 Å². The lowest BCUT2D eigenvalue weighted by molar-refractivity contribution is 0.0616. The summed E-state index contributed by atoms with van der Waals surface area (Å²) in [4.78, 5) is -0.115. The molecule has 0 saturated carbocycles. The van der Waals surface area contributed by atoms with Crippen LogP contribution in [-0.4, -0.2) is 28.5 Å². The second-order valence-corrected chi connectivity index (χ2v) is 5.85. The van der Waals surface area contributed by atoms with Gasteiger partial charge in [0, 0.05) is 5.75 Å². The van der Waals surface area contributed by atoms with Gasteiger partial charge in [0.15, 0.2) is 0 Å². The topological polar surface area (TPSA) is 29.5 Å². The third-order valence-electron chi connectivity index (χ3n) is 3.55. The average Bonchev–Trinajstić information content (AvgIpc) is 2.72. The number of ether oxygens (including phenoxy) is 1. The Balaban J connectivity index is 2.24. The Morgan fingerprint density at radius 1 is 1.69 bits per heavy atom.